The van der Waals surface area contributed by atoms with Gasteiger partial charge in [-0.05, 0) is 31.9 Å². The zero-order chi connectivity index (χ0) is 12.0. The number of carboxylic acid groups (broad SMARTS) is 1. The molecule has 0 saturated heterocycles. The minimum atomic E-state index is -0.891. The second kappa shape index (κ2) is 5.95. The van der Waals surface area contributed by atoms with E-state index in [0.29, 0.717) is 5.56 Å². The van der Waals surface area contributed by atoms with Gasteiger partial charge in [-0.15, -0.1) is 0 Å². The van der Waals surface area contributed by atoms with Gasteiger partial charge in [0.2, 0.25) is 0 Å². The van der Waals surface area contributed by atoms with Gasteiger partial charge < -0.3 is 10.4 Å². The monoisotopic (exact) mass is 219 g/mol. The number of aromatic carboxylic acids is 1. The van der Waals surface area contributed by atoms with Crippen LogP contribution < -0.4 is 5.32 Å². The van der Waals surface area contributed by atoms with Crippen LogP contribution in [-0.4, -0.2) is 17.6 Å². The number of benzene rings is 1. The van der Waals surface area contributed by atoms with Gasteiger partial charge in [0.25, 0.3) is 0 Å². The number of para-hydroxylation sites is 1. The highest BCUT2D eigenvalue weighted by Crippen LogP contribution is 2.20. The molecule has 0 aromatic heterocycles. The number of anilines is 1. The molecular formula is C13H17NO2. The Morgan fingerprint density at radius 3 is 2.88 bits per heavy atom. The highest BCUT2D eigenvalue weighted by molar-refractivity contribution is 5.95. The van der Waals surface area contributed by atoms with E-state index in [9.17, 15) is 4.79 Å². The predicted molar refractivity (Wildman–Crippen MR) is 66.1 cm³/mol. The summed E-state index contributed by atoms with van der Waals surface area (Å²) in [7, 11) is 0. The van der Waals surface area contributed by atoms with E-state index in [1.54, 1.807) is 12.1 Å². The Balaban J connectivity index is 2.80. The van der Waals surface area contributed by atoms with Crippen LogP contribution >= 0.6 is 0 Å². The third-order valence-electron chi connectivity index (χ3n) is 2.35. The lowest BCUT2D eigenvalue weighted by Crippen LogP contribution is -2.08. The first-order valence-electron chi connectivity index (χ1n) is 5.34. The number of aryl methyl sites for hydroxylation is 1. The Morgan fingerprint density at radius 1 is 1.50 bits per heavy atom. The van der Waals surface area contributed by atoms with Crippen LogP contribution in [0.4, 0.5) is 5.69 Å². The molecule has 0 unspecified atom stereocenters. The molecule has 0 radical (unpaired) electrons. The molecule has 0 saturated carbocycles. The smallest absolute Gasteiger partial charge is 0.337 e. The van der Waals surface area contributed by atoms with Gasteiger partial charge in [0.1, 0.15) is 0 Å². The molecule has 86 valence electrons. The summed E-state index contributed by atoms with van der Waals surface area (Å²) in [6.45, 7) is 4.62. The van der Waals surface area contributed by atoms with Crippen LogP contribution in [0.2, 0.25) is 0 Å². The molecule has 0 aliphatic rings. The van der Waals surface area contributed by atoms with Crippen molar-refractivity contribution in [2.75, 3.05) is 11.9 Å². The van der Waals surface area contributed by atoms with Gasteiger partial charge in [-0.25, -0.2) is 4.79 Å². The van der Waals surface area contributed by atoms with Crippen molar-refractivity contribution in [3.05, 3.63) is 41.5 Å². The maximum absolute atomic E-state index is 11.0. The summed E-state index contributed by atoms with van der Waals surface area (Å²) in [5, 5.41) is 12.2. The lowest BCUT2D eigenvalue weighted by molar-refractivity contribution is 0.0698. The molecule has 2 N–H and O–H groups in total. The van der Waals surface area contributed by atoms with E-state index in [0.717, 1.165) is 24.2 Å². The van der Waals surface area contributed by atoms with Crippen molar-refractivity contribution >= 4 is 11.7 Å². The maximum Gasteiger partial charge on any atom is 0.337 e. The second-order valence-electron chi connectivity index (χ2n) is 3.59. The summed E-state index contributed by atoms with van der Waals surface area (Å²) in [6.07, 6.45) is 4.92. The van der Waals surface area contributed by atoms with Gasteiger partial charge in [0.05, 0.1) is 11.3 Å². The standard InChI is InChI=1S/C13H17NO2/c1-3-4-5-9-14-12-10(2)7-6-8-11(12)13(15)16/h3-4,6-8,14H,5,9H2,1-2H3,(H,15,16)/b4-3+. The first kappa shape index (κ1) is 12.3. The molecule has 0 aliphatic carbocycles. The molecule has 0 aliphatic heterocycles. The van der Waals surface area contributed by atoms with Gasteiger partial charge in [-0.3, -0.25) is 0 Å². The maximum atomic E-state index is 11.0. The summed E-state index contributed by atoms with van der Waals surface area (Å²) in [4.78, 5) is 11.0. The lowest BCUT2D eigenvalue weighted by Gasteiger charge is -2.11. The molecule has 3 heteroatoms. The molecule has 0 atom stereocenters. The van der Waals surface area contributed by atoms with Crippen molar-refractivity contribution in [3.63, 3.8) is 0 Å². The van der Waals surface area contributed by atoms with Gasteiger partial charge in [-0.2, -0.15) is 0 Å². The predicted octanol–water partition coefficient (Wildman–Crippen LogP) is 3.07. The van der Waals surface area contributed by atoms with E-state index in [1.807, 2.05) is 32.1 Å². The average Bonchev–Trinajstić information content (AvgIpc) is 2.25. The van der Waals surface area contributed by atoms with Crippen molar-refractivity contribution in [1.29, 1.82) is 0 Å². The highest BCUT2D eigenvalue weighted by Gasteiger charge is 2.10. The van der Waals surface area contributed by atoms with Gasteiger partial charge in [-0.1, -0.05) is 24.3 Å². The highest BCUT2D eigenvalue weighted by atomic mass is 16.4. The van der Waals surface area contributed by atoms with E-state index < -0.39 is 5.97 Å². The van der Waals surface area contributed by atoms with E-state index in [2.05, 4.69) is 5.32 Å². The fourth-order valence-corrected chi connectivity index (χ4v) is 1.53. The van der Waals surface area contributed by atoms with Crippen molar-refractivity contribution in [2.45, 2.75) is 20.3 Å². The van der Waals surface area contributed by atoms with Crippen molar-refractivity contribution < 1.29 is 9.90 Å². The Hall–Kier alpha value is -1.77. The van der Waals surface area contributed by atoms with Crippen LogP contribution in [0.1, 0.15) is 29.3 Å². The Labute approximate surface area is 95.8 Å². The zero-order valence-corrected chi connectivity index (χ0v) is 9.66. The van der Waals surface area contributed by atoms with Crippen LogP contribution in [0.15, 0.2) is 30.4 Å². The number of hydrogen-bond donors (Lipinski definition) is 2. The molecule has 0 amide bonds. The molecule has 0 fully saturated rings. The van der Waals surface area contributed by atoms with Crippen LogP contribution in [-0.2, 0) is 0 Å². The quantitative estimate of drug-likeness (QED) is 0.591. The van der Waals surface area contributed by atoms with Crippen molar-refractivity contribution in [2.24, 2.45) is 0 Å². The minimum absolute atomic E-state index is 0.334. The summed E-state index contributed by atoms with van der Waals surface area (Å²) in [5.41, 5.74) is 2.01. The number of rotatable bonds is 5. The Bertz CT molecular complexity index is 397. The van der Waals surface area contributed by atoms with E-state index in [-0.39, 0.29) is 0 Å². The second-order valence-corrected chi connectivity index (χ2v) is 3.59. The molecule has 16 heavy (non-hydrogen) atoms. The molecule has 0 bridgehead atoms. The molecule has 1 aromatic rings. The molecule has 1 aromatic carbocycles. The molecule has 0 spiro atoms. The first-order chi connectivity index (χ1) is 7.66. The number of allylic oxidation sites excluding steroid dienone is 1. The fourth-order valence-electron chi connectivity index (χ4n) is 1.53. The third kappa shape index (κ3) is 3.12. The normalized spacial score (nSPS) is 10.6. The van der Waals surface area contributed by atoms with Gasteiger partial charge in [0.15, 0.2) is 0 Å². The number of nitrogens with one attached hydrogen (secondary N) is 1. The Kier molecular flexibility index (Phi) is 4.58. The fraction of sp³-hybridized carbons (Fsp3) is 0.308. The van der Waals surface area contributed by atoms with Crippen LogP contribution in [0, 0.1) is 6.92 Å². The van der Waals surface area contributed by atoms with Gasteiger partial charge in [0, 0.05) is 6.54 Å². The van der Waals surface area contributed by atoms with E-state index in [1.165, 1.54) is 0 Å². The lowest BCUT2D eigenvalue weighted by atomic mass is 10.1. The van der Waals surface area contributed by atoms with Crippen molar-refractivity contribution in [3.8, 4) is 0 Å². The molecule has 3 nitrogen and oxygen atoms in total. The number of carboxylic acids is 1. The summed E-state index contributed by atoms with van der Waals surface area (Å²) in [6, 6.07) is 5.29. The first-order valence-corrected chi connectivity index (χ1v) is 5.34. The Morgan fingerprint density at radius 2 is 2.25 bits per heavy atom. The number of hydrogen-bond acceptors (Lipinski definition) is 2. The topological polar surface area (TPSA) is 49.3 Å². The average molecular weight is 219 g/mol. The largest absolute Gasteiger partial charge is 0.478 e. The van der Waals surface area contributed by atoms with Crippen molar-refractivity contribution in [1.82, 2.24) is 0 Å². The van der Waals surface area contributed by atoms with E-state index in [4.69, 9.17) is 5.11 Å². The van der Waals surface area contributed by atoms with E-state index >= 15 is 0 Å². The van der Waals surface area contributed by atoms with Crippen LogP contribution in [0.25, 0.3) is 0 Å². The SMILES string of the molecule is C/C=C/CCNc1c(C)cccc1C(=O)O. The summed E-state index contributed by atoms with van der Waals surface area (Å²) < 4.78 is 0. The van der Waals surface area contributed by atoms with Gasteiger partial charge >= 0.3 is 5.97 Å². The summed E-state index contributed by atoms with van der Waals surface area (Å²) >= 11 is 0. The summed E-state index contributed by atoms with van der Waals surface area (Å²) in [5.74, 6) is -0.891. The third-order valence-corrected chi connectivity index (χ3v) is 2.35. The molecule has 0 heterocycles. The molecular weight excluding hydrogens is 202 g/mol. The molecule has 1 rings (SSSR count). The minimum Gasteiger partial charge on any atom is -0.478 e. The zero-order valence-electron chi connectivity index (χ0n) is 9.66. The van der Waals surface area contributed by atoms with Crippen LogP contribution in [0.3, 0.4) is 0 Å². The number of carbonyl (C=O) groups is 1. The van der Waals surface area contributed by atoms with Crippen LogP contribution in [0.5, 0.6) is 0 Å².